The van der Waals surface area contributed by atoms with Crippen LogP contribution >= 0.6 is 0 Å². The summed E-state index contributed by atoms with van der Waals surface area (Å²) in [6, 6.07) is 13.2. The number of methoxy groups -OCH3 is 1. The molecule has 0 radical (unpaired) electrons. The summed E-state index contributed by atoms with van der Waals surface area (Å²) < 4.78 is 10.6. The van der Waals surface area contributed by atoms with E-state index in [9.17, 15) is 9.59 Å². The molecule has 2 aromatic rings. The van der Waals surface area contributed by atoms with Crippen molar-refractivity contribution in [3.8, 4) is 11.5 Å². The standard InChI is InChI=1S/C21H27N3O4/c1-15-6-11-19(16(2)13-15)22-14-21(26)24-23-20(25)5-4-12-28-18-9-7-17(27-3)8-10-18/h6-11,13,22H,4-5,12,14H2,1-3H3,(H,23,25)(H,24,26). The lowest BCUT2D eigenvalue weighted by Crippen LogP contribution is -2.44. The van der Waals surface area contributed by atoms with Gasteiger partial charge >= 0.3 is 0 Å². The van der Waals surface area contributed by atoms with Gasteiger partial charge in [0.05, 0.1) is 20.3 Å². The average molecular weight is 385 g/mol. The first kappa shape index (κ1) is 21.1. The molecule has 0 bridgehead atoms. The predicted octanol–water partition coefficient (Wildman–Crippen LogP) is 2.73. The fourth-order valence-electron chi connectivity index (χ4n) is 2.53. The molecule has 0 aromatic heterocycles. The molecule has 0 spiro atoms. The minimum atomic E-state index is -0.317. The van der Waals surface area contributed by atoms with Crippen LogP contribution in [0.3, 0.4) is 0 Å². The molecule has 0 fully saturated rings. The second-order valence-corrected chi connectivity index (χ2v) is 6.40. The minimum Gasteiger partial charge on any atom is -0.497 e. The van der Waals surface area contributed by atoms with Gasteiger partial charge < -0.3 is 14.8 Å². The molecular formula is C21H27N3O4. The molecule has 2 amide bonds. The summed E-state index contributed by atoms with van der Waals surface area (Å²) in [6.45, 7) is 4.47. The van der Waals surface area contributed by atoms with Crippen molar-refractivity contribution in [3.05, 3.63) is 53.6 Å². The van der Waals surface area contributed by atoms with Crippen LogP contribution < -0.4 is 25.6 Å². The van der Waals surface area contributed by atoms with Crippen molar-refractivity contribution >= 4 is 17.5 Å². The fraction of sp³-hybridized carbons (Fsp3) is 0.333. The molecule has 0 aliphatic rings. The van der Waals surface area contributed by atoms with Gasteiger partial charge in [-0.25, -0.2) is 0 Å². The Hall–Kier alpha value is -3.22. The van der Waals surface area contributed by atoms with Crippen LogP contribution in [-0.2, 0) is 9.59 Å². The lowest BCUT2D eigenvalue weighted by atomic mass is 10.1. The Balaban J connectivity index is 1.59. The molecular weight excluding hydrogens is 358 g/mol. The zero-order valence-corrected chi connectivity index (χ0v) is 16.5. The van der Waals surface area contributed by atoms with Crippen molar-refractivity contribution in [1.82, 2.24) is 10.9 Å². The van der Waals surface area contributed by atoms with Gasteiger partial charge in [0.2, 0.25) is 5.91 Å². The van der Waals surface area contributed by atoms with Crippen LogP contribution in [0.1, 0.15) is 24.0 Å². The number of benzene rings is 2. The van der Waals surface area contributed by atoms with Crippen LogP contribution in [0.5, 0.6) is 11.5 Å². The minimum absolute atomic E-state index is 0.0742. The number of rotatable bonds is 9. The van der Waals surface area contributed by atoms with E-state index < -0.39 is 0 Å². The first-order valence-corrected chi connectivity index (χ1v) is 9.13. The van der Waals surface area contributed by atoms with Gasteiger partial charge in [-0.2, -0.15) is 0 Å². The summed E-state index contributed by atoms with van der Waals surface area (Å²) in [6.07, 6.45) is 0.787. The topological polar surface area (TPSA) is 88.7 Å². The van der Waals surface area contributed by atoms with Crippen molar-refractivity contribution in [3.63, 3.8) is 0 Å². The van der Waals surface area contributed by atoms with Gasteiger partial charge in [-0.05, 0) is 56.2 Å². The highest BCUT2D eigenvalue weighted by Gasteiger charge is 2.06. The van der Waals surface area contributed by atoms with E-state index >= 15 is 0 Å². The molecule has 3 N–H and O–H groups in total. The van der Waals surface area contributed by atoms with Gasteiger partial charge in [-0.15, -0.1) is 0 Å². The molecule has 0 atom stereocenters. The van der Waals surface area contributed by atoms with Gasteiger partial charge in [0.25, 0.3) is 5.91 Å². The number of carbonyl (C=O) groups excluding carboxylic acids is 2. The zero-order valence-electron chi connectivity index (χ0n) is 16.5. The fourth-order valence-corrected chi connectivity index (χ4v) is 2.53. The smallest absolute Gasteiger partial charge is 0.257 e. The molecule has 7 nitrogen and oxygen atoms in total. The first-order chi connectivity index (χ1) is 13.5. The van der Waals surface area contributed by atoms with E-state index in [1.807, 2.05) is 56.3 Å². The number of amides is 2. The maximum Gasteiger partial charge on any atom is 0.257 e. The van der Waals surface area contributed by atoms with Gasteiger partial charge in [0.15, 0.2) is 0 Å². The third-order valence-corrected chi connectivity index (χ3v) is 4.04. The Morgan fingerprint density at radius 1 is 0.929 bits per heavy atom. The monoisotopic (exact) mass is 385 g/mol. The number of hydrogen-bond donors (Lipinski definition) is 3. The first-order valence-electron chi connectivity index (χ1n) is 9.13. The van der Waals surface area contributed by atoms with Crippen LogP contribution in [-0.4, -0.2) is 32.1 Å². The van der Waals surface area contributed by atoms with Gasteiger partial charge in [-0.1, -0.05) is 17.7 Å². The number of carbonyl (C=O) groups is 2. The number of anilines is 1. The summed E-state index contributed by atoms with van der Waals surface area (Å²) in [4.78, 5) is 23.6. The van der Waals surface area contributed by atoms with Crippen LogP contribution in [0.25, 0.3) is 0 Å². The van der Waals surface area contributed by atoms with Crippen molar-refractivity contribution in [2.75, 3.05) is 25.6 Å². The van der Waals surface area contributed by atoms with E-state index in [0.29, 0.717) is 18.8 Å². The van der Waals surface area contributed by atoms with E-state index in [4.69, 9.17) is 9.47 Å². The van der Waals surface area contributed by atoms with Crippen molar-refractivity contribution in [2.45, 2.75) is 26.7 Å². The molecule has 28 heavy (non-hydrogen) atoms. The summed E-state index contributed by atoms with van der Waals surface area (Å²) in [7, 11) is 1.60. The molecule has 150 valence electrons. The SMILES string of the molecule is COc1ccc(OCCCC(=O)NNC(=O)CNc2ccc(C)cc2C)cc1. The molecule has 0 aliphatic carbocycles. The van der Waals surface area contributed by atoms with Crippen LogP contribution in [0.4, 0.5) is 5.69 Å². The molecule has 0 saturated heterocycles. The normalized spacial score (nSPS) is 10.1. The predicted molar refractivity (Wildman–Crippen MR) is 108 cm³/mol. The van der Waals surface area contributed by atoms with E-state index in [2.05, 4.69) is 16.2 Å². The highest BCUT2D eigenvalue weighted by molar-refractivity contribution is 5.84. The summed E-state index contributed by atoms with van der Waals surface area (Å²) in [5.41, 5.74) is 7.92. The molecule has 2 rings (SSSR count). The largest absolute Gasteiger partial charge is 0.497 e. The third kappa shape index (κ3) is 7.19. The second-order valence-electron chi connectivity index (χ2n) is 6.40. The Bertz CT molecular complexity index is 791. The van der Waals surface area contributed by atoms with Crippen LogP contribution in [0.15, 0.2) is 42.5 Å². The lowest BCUT2D eigenvalue weighted by Gasteiger charge is -2.11. The third-order valence-electron chi connectivity index (χ3n) is 4.04. The number of hydrazine groups is 1. The van der Waals surface area contributed by atoms with Gasteiger partial charge in [-0.3, -0.25) is 20.4 Å². The zero-order chi connectivity index (χ0) is 20.4. The highest BCUT2D eigenvalue weighted by Crippen LogP contribution is 2.17. The van der Waals surface area contributed by atoms with E-state index in [1.54, 1.807) is 7.11 Å². The average Bonchev–Trinajstić information content (AvgIpc) is 2.69. The number of aryl methyl sites for hydroxylation is 2. The highest BCUT2D eigenvalue weighted by atomic mass is 16.5. The second kappa shape index (κ2) is 10.8. The van der Waals surface area contributed by atoms with Gasteiger partial charge in [0, 0.05) is 12.1 Å². The van der Waals surface area contributed by atoms with Crippen molar-refractivity contribution in [1.29, 1.82) is 0 Å². The molecule has 0 unspecified atom stereocenters. The molecule has 0 aliphatic heterocycles. The Kier molecular flexibility index (Phi) is 8.14. The molecule has 7 heteroatoms. The Labute approximate surface area is 165 Å². The number of hydrogen-bond acceptors (Lipinski definition) is 5. The Morgan fingerprint density at radius 3 is 2.29 bits per heavy atom. The molecule has 0 saturated carbocycles. The van der Waals surface area contributed by atoms with Crippen LogP contribution in [0.2, 0.25) is 0 Å². The molecule has 0 heterocycles. The quantitative estimate of drug-likeness (QED) is 0.456. The summed E-state index contributed by atoms with van der Waals surface area (Å²) in [5, 5.41) is 3.05. The van der Waals surface area contributed by atoms with E-state index in [1.165, 1.54) is 0 Å². The van der Waals surface area contributed by atoms with Crippen molar-refractivity contribution < 1.29 is 19.1 Å². The van der Waals surface area contributed by atoms with Crippen LogP contribution in [0, 0.1) is 13.8 Å². The van der Waals surface area contributed by atoms with Crippen molar-refractivity contribution in [2.24, 2.45) is 0 Å². The van der Waals surface area contributed by atoms with Gasteiger partial charge in [0.1, 0.15) is 11.5 Å². The maximum absolute atomic E-state index is 11.8. The summed E-state index contributed by atoms with van der Waals surface area (Å²) >= 11 is 0. The van der Waals surface area contributed by atoms with E-state index in [0.717, 1.165) is 22.6 Å². The van der Waals surface area contributed by atoms with E-state index in [-0.39, 0.29) is 24.8 Å². The maximum atomic E-state index is 11.8. The lowest BCUT2D eigenvalue weighted by molar-refractivity contribution is -0.128. The number of nitrogens with one attached hydrogen (secondary N) is 3. The summed E-state index contributed by atoms with van der Waals surface area (Å²) in [5.74, 6) is 0.891. The molecule has 2 aromatic carbocycles. The Morgan fingerprint density at radius 2 is 1.61 bits per heavy atom. The number of ether oxygens (including phenoxy) is 2.